The van der Waals surface area contributed by atoms with E-state index in [-0.39, 0.29) is 12.0 Å². The maximum atomic E-state index is 12.3. The predicted octanol–water partition coefficient (Wildman–Crippen LogP) is 1.66. The Kier molecular flexibility index (Phi) is 9.01. The monoisotopic (exact) mass is 288 g/mol. The highest BCUT2D eigenvalue weighted by molar-refractivity contribution is 5.80. The first-order valence-electron chi connectivity index (χ1n) is 7.44. The smallest absolute Gasteiger partial charge is 0.327 e. The second kappa shape index (κ2) is 9.32. The van der Waals surface area contributed by atoms with Gasteiger partial charge < -0.3 is 9.47 Å². The first-order valence-corrected chi connectivity index (χ1v) is 7.44. The fourth-order valence-corrected chi connectivity index (χ4v) is 2.23. The van der Waals surface area contributed by atoms with Crippen LogP contribution < -0.4 is 5.32 Å². The Balaban J connectivity index is 4.95. The summed E-state index contributed by atoms with van der Waals surface area (Å²) in [6.45, 7) is 14.5. The number of ether oxygens (including phenoxy) is 2. The van der Waals surface area contributed by atoms with Crippen LogP contribution in [0.25, 0.3) is 0 Å². The molecule has 1 atom stereocenters. The Labute approximate surface area is 124 Å². The molecule has 0 aliphatic rings. The molecular weight excluding hydrogens is 256 g/mol. The van der Waals surface area contributed by atoms with Gasteiger partial charge in [0.2, 0.25) is 0 Å². The third-order valence-electron chi connectivity index (χ3n) is 3.17. The maximum Gasteiger partial charge on any atom is 0.327 e. The van der Waals surface area contributed by atoms with Crippen LogP contribution >= 0.6 is 0 Å². The zero-order chi connectivity index (χ0) is 15.8. The van der Waals surface area contributed by atoms with E-state index in [2.05, 4.69) is 24.1 Å². The van der Waals surface area contributed by atoms with Gasteiger partial charge in [-0.05, 0) is 41.5 Å². The van der Waals surface area contributed by atoms with Crippen LogP contribution in [0.3, 0.4) is 0 Å². The van der Waals surface area contributed by atoms with Crippen molar-refractivity contribution >= 4 is 5.97 Å². The number of methoxy groups -OCH3 is 1. The fourth-order valence-electron chi connectivity index (χ4n) is 2.23. The van der Waals surface area contributed by atoms with Crippen molar-refractivity contribution in [3.8, 4) is 0 Å². The quantitative estimate of drug-likeness (QED) is 0.620. The summed E-state index contributed by atoms with van der Waals surface area (Å²) in [6.07, 6.45) is 0. The van der Waals surface area contributed by atoms with E-state index >= 15 is 0 Å². The summed E-state index contributed by atoms with van der Waals surface area (Å²) in [5.74, 6) is -0.197. The van der Waals surface area contributed by atoms with Gasteiger partial charge >= 0.3 is 5.97 Å². The van der Waals surface area contributed by atoms with Gasteiger partial charge in [0.25, 0.3) is 0 Å². The molecule has 0 aromatic carbocycles. The van der Waals surface area contributed by atoms with E-state index in [0.29, 0.717) is 25.8 Å². The minimum atomic E-state index is -0.706. The largest absolute Gasteiger partial charge is 0.465 e. The predicted molar refractivity (Wildman–Crippen MR) is 81.9 cm³/mol. The molecule has 20 heavy (non-hydrogen) atoms. The summed E-state index contributed by atoms with van der Waals surface area (Å²) in [6, 6.07) is 0.550. The van der Waals surface area contributed by atoms with E-state index < -0.39 is 5.54 Å². The van der Waals surface area contributed by atoms with Crippen LogP contribution in [0.4, 0.5) is 0 Å². The van der Waals surface area contributed by atoms with Crippen molar-refractivity contribution in [3.63, 3.8) is 0 Å². The van der Waals surface area contributed by atoms with Gasteiger partial charge in [0.1, 0.15) is 5.54 Å². The molecule has 120 valence electrons. The van der Waals surface area contributed by atoms with Gasteiger partial charge in [0.05, 0.1) is 13.2 Å². The van der Waals surface area contributed by atoms with Gasteiger partial charge in [-0.2, -0.15) is 0 Å². The Hall–Kier alpha value is -0.650. The van der Waals surface area contributed by atoms with E-state index in [1.165, 1.54) is 0 Å². The number of esters is 1. The minimum Gasteiger partial charge on any atom is -0.465 e. The number of carbonyl (C=O) groups excluding carboxylic acids is 1. The number of carbonyl (C=O) groups is 1. The molecule has 0 radical (unpaired) electrons. The molecule has 0 rings (SSSR count). The highest BCUT2D eigenvalue weighted by atomic mass is 16.5. The van der Waals surface area contributed by atoms with Crippen molar-refractivity contribution in [2.24, 2.45) is 0 Å². The molecule has 0 aromatic heterocycles. The van der Waals surface area contributed by atoms with Gasteiger partial charge in [-0.3, -0.25) is 15.0 Å². The third-order valence-corrected chi connectivity index (χ3v) is 3.17. The Bertz CT molecular complexity index is 282. The van der Waals surface area contributed by atoms with Gasteiger partial charge in [0.15, 0.2) is 0 Å². The van der Waals surface area contributed by atoms with Gasteiger partial charge in [-0.25, -0.2) is 0 Å². The van der Waals surface area contributed by atoms with E-state index in [4.69, 9.17) is 9.47 Å². The Morgan fingerprint density at radius 2 is 1.90 bits per heavy atom. The first-order chi connectivity index (χ1) is 9.26. The summed E-state index contributed by atoms with van der Waals surface area (Å²) < 4.78 is 10.4. The van der Waals surface area contributed by atoms with Crippen LogP contribution in [0.2, 0.25) is 0 Å². The van der Waals surface area contributed by atoms with Gasteiger partial charge in [-0.15, -0.1) is 0 Å². The molecule has 0 heterocycles. The number of hydrogen-bond acceptors (Lipinski definition) is 5. The molecule has 0 aromatic rings. The molecule has 1 unspecified atom stereocenters. The summed E-state index contributed by atoms with van der Waals surface area (Å²) in [5, 5.41) is 3.35. The van der Waals surface area contributed by atoms with Crippen LogP contribution in [0.1, 0.15) is 41.5 Å². The summed E-state index contributed by atoms with van der Waals surface area (Å²) in [7, 11) is 1.69. The summed E-state index contributed by atoms with van der Waals surface area (Å²) in [4.78, 5) is 14.5. The average Bonchev–Trinajstić information content (AvgIpc) is 2.33. The Morgan fingerprint density at radius 3 is 2.30 bits per heavy atom. The highest BCUT2D eigenvalue weighted by Crippen LogP contribution is 2.13. The van der Waals surface area contributed by atoms with Crippen molar-refractivity contribution in [1.82, 2.24) is 10.2 Å². The maximum absolute atomic E-state index is 12.3. The number of rotatable bonds is 10. The molecular formula is C15H32N2O3. The molecule has 0 spiro atoms. The SMILES string of the molecule is CCOC(=O)C(C)(CN(CCOC)C(C)C)NC(C)C. The van der Waals surface area contributed by atoms with Crippen LogP contribution in [-0.4, -0.2) is 61.9 Å². The Morgan fingerprint density at radius 1 is 1.30 bits per heavy atom. The van der Waals surface area contributed by atoms with Crippen molar-refractivity contribution in [3.05, 3.63) is 0 Å². The molecule has 0 bridgehead atoms. The van der Waals surface area contributed by atoms with E-state index in [1.807, 2.05) is 27.7 Å². The van der Waals surface area contributed by atoms with Crippen molar-refractivity contribution in [2.75, 3.05) is 33.4 Å². The highest BCUT2D eigenvalue weighted by Gasteiger charge is 2.37. The summed E-state index contributed by atoms with van der Waals surface area (Å²) >= 11 is 0. The topological polar surface area (TPSA) is 50.8 Å². The molecule has 0 saturated heterocycles. The zero-order valence-electron chi connectivity index (χ0n) is 14.2. The van der Waals surface area contributed by atoms with Crippen LogP contribution in [0, 0.1) is 0 Å². The van der Waals surface area contributed by atoms with E-state index in [1.54, 1.807) is 7.11 Å². The lowest BCUT2D eigenvalue weighted by molar-refractivity contribution is -0.152. The average molecular weight is 288 g/mol. The number of nitrogens with one attached hydrogen (secondary N) is 1. The first kappa shape index (κ1) is 19.4. The van der Waals surface area contributed by atoms with E-state index in [9.17, 15) is 4.79 Å². The van der Waals surface area contributed by atoms with Crippen molar-refractivity contribution < 1.29 is 14.3 Å². The number of nitrogens with zero attached hydrogens (tertiary/aromatic N) is 1. The van der Waals surface area contributed by atoms with Crippen LogP contribution in [-0.2, 0) is 14.3 Å². The lowest BCUT2D eigenvalue weighted by Crippen LogP contribution is -2.60. The van der Waals surface area contributed by atoms with Crippen LogP contribution in [0.15, 0.2) is 0 Å². The lowest BCUT2D eigenvalue weighted by Gasteiger charge is -2.37. The second-order valence-corrected chi connectivity index (χ2v) is 5.91. The van der Waals surface area contributed by atoms with Gasteiger partial charge in [-0.1, -0.05) is 0 Å². The standard InChI is InChI=1S/C15H32N2O3/c1-8-20-14(18)15(6,16-12(2)3)11-17(13(4)5)9-10-19-7/h12-13,16H,8-11H2,1-7H3. The summed E-state index contributed by atoms with van der Waals surface area (Å²) in [5.41, 5.74) is -0.706. The molecule has 0 fully saturated rings. The molecule has 0 saturated carbocycles. The third kappa shape index (κ3) is 6.68. The lowest BCUT2D eigenvalue weighted by atomic mass is 9.99. The van der Waals surface area contributed by atoms with Crippen molar-refractivity contribution in [1.29, 1.82) is 0 Å². The molecule has 1 N–H and O–H groups in total. The molecule has 0 aliphatic carbocycles. The molecule has 5 heteroatoms. The fraction of sp³-hybridized carbons (Fsp3) is 0.933. The number of hydrogen-bond donors (Lipinski definition) is 1. The normalized spacial score (nSPS) is 14.9. The van der Waals surface area contributed by atoms with Gasteiger partial charge in [0, 0.05) is 32.3 Å². The molecule has 0 amide bonds. The zero-order valence-corrected chi connectivity index (χ0v) is 14.2. The molecule has 5 nitrogen and oxygen atoms in total. The minimum absolute atomic E-state index is 0.197. The second-order valence-electron chi connectivity index (χ2n) is 5.91. The van der Waals surface area contributed by atoms with Crippen molar-refractivity contribution in [2.45, 2.75) is 59.2 Å². The van der Waals surface area contributed by atoms with Crippen LogP contribution in [0.5, 0.6) is 0 Å². The van der Waals surface area contributed by atoms with E-state index in [0.717, 1.165) is 6.54 Å². The molecule has 0 aliphatic heterocycles.